The summed E-state index contributed by atoms with van der Waals surface area (Å²) in [6.45, 7) is 6.99. The Hall–Kier alpha value is -1.10. The molecule has 1 fully saturated rings. The molecule has 2 aliphatic rings. The molecule has 0 radical (unpaired) electrons. The highest BCUT2D eigenvalue weighted by atomic mass is 16.5. The van der Waals surface area contributed by atoms with Crippen LogP contribution < -0.4 is 5.32 Å². The van der Waals surface area contributed by atoms with E-state index in [0.717, 1.165) is 18.9 Å². The molecule has 5 nitrogen and oxygen atoms in total. The van der Waals surface area contributed by atoms with E-state index in [1.807, 2.05) is 13.8 Å². The van der Waals surface area contributed by atoms with Crippen LogP contribution in [0.3, 0.4) is 0 Å². The normalized spacial score (nSPS) is 26.0. The van der Waals surface area contributed by atoms with Crippen LogP contribution in [0.4, 0.5) is 4.79 Å². The number of morpholine rings is 1. The van der Waals surface area contributed by atoms with Crippen LogP contribution in [0.15, 0.2) is 4.99 Å². The number of amidine groups is 1. The van der Waals surface area contributed by atoms with Gasteiger partial charge >= 0.3 is 6.03 Å². The predicted octanol–water partition coefficient (Wildman–Crippen LogP) is 0.219. The van der Waals surface area contributed by atoms with Crippen molar-refractivity contribution >= 4 is 11.9 Å². The van der Waals surface area contributed by atoms with E-state index in [2.05, 4.69) is 15.2 Å². The summed E-state index contributed by atoms with van der Waals surface area (Å²) in [5.74, 6) is 0.839. The molecule has 2 heterocycles. The number of amides is 2. The highest BCUT2D eigenvalue weighted by molar-refractivity contribution is 6.06. The summed E-state index contributed by atoms with van der Waals surface area (Å²) in [6, 6.07) is -0.239. The first kappa shape index (κ1) is 9.45. The van der Waals surface area contributed by atoms with Gasteiger partial charge < -0.3 is 15.0 Å². The van der Waals surface area contributed by atoms with Crippen LogP contribution in [0.25, 0.3) is 0 Å². The molecule has 0 atom stereocenters. The minimum Gasteiger partial charge on any atom is -0.378 e. The molecule has 78 valence electrons. The fraction of sp³-hybridized carbons (Fsp3) is 0.778. The molecule has 0 aliphatic carbocycles. The molecule has 0 unspecified atom stereocenters. The number of nitrogens with one attached hydrogen (secondary N) is 1. The van der Waals surface area contributed by atoms with Crippen LogP contribution in [0.2, 0.25) is 0 Å². The van der Waals surface area contributed by atoms with Crippen LogP contribution >= 0.6 is 0 Å². The van der Waals surface area contributed by atoms with Gasteiger partial charge in [0.15, 0.2) is 0 Å². The number of aliphatic imine (C=N–C) groups is 1. The van der Waals surface area contributed by atoms with Crippen LogP contribution in [0, 0.1) is 0 Å². The zero-order valence-electron chi connectivity index (χ0n) is 8.54. The van der Waals surface area contributed by atoms with Gasteiger partial charge in [0.1, 0.15) is 5.84 Å². The first-order chi connectivity index (χ1) is 6.59. The van der Waals surface area contributed by atoms with Gasteiger partial charge in [-0.25, -0.2) is 4.79 Å². The highest BCUT2D eigenvalue weighted by Crippen LogP contribution is 2.17. The van der Waals surface area contributed by atoms with Crippen molar-refractivity contribution in [1.82, 2.24) is 10.2 Å². The van der Waals surface area contributed by atoms with Gasteiger partial charge in [-0.2, -0.15) is 4.99 Å². The fourth-order valence-corrected chi connectivity index (χ4v) is 1.83. The Labute approximate surface area is 83.1 Å². The number of ether oxygens (including phenoxy) is 1. The molecule has 5 heteroatoms. The lowest BCUT2D eigenvalue weighted by atomic mass is 10.0. The van der Waals surface area contributed by atoms with Gasteiger partial charge in [0.25, 0.3) is 0 Å². The second-order valence-corrected chi connectivity index (χ2v) is 4.09. The number of hydrogen-bond donors (Lipinski definition) is 1. The van der Waals surface area contributed by atoms with Crippen LogP contribution in [0.1, 0.15) is 13.8 Å². The molecular formula is C9H15N3O2. The van der Waals surface area contributed by atoms with Crippen LogP contribution in [-0.2, 0) is 4.74 Å². The van der Waals surface area contributed by atoms with E-state index in [1.165, 1.54) is 0 Å². The first-order valence-electron chi connectivity index (χ1n) is 4.83. The number of hydrogen-bond acceptors (Lipinski definition) is 3. The van der Waals surface area contributed by atoms with E-state index in [-0.39, 0.29) is 11.6 Å². The van der Waals surface area contributed by atoms with Crippen LogP contribution in [-0.4, -0.2) is 48.6 Å². The second-order valence-electron chi connectivity index (χ2n) is 4.09. The van der Waals surface area contributed by atoms with Gasteiger partial charge in [0.05, 0.1) is 18.8 Å². The standard InChI is InChI=1S/C9H15N3O2/c1-9(2)7(10-8(13)11-9)12-3-5-14-6-4-12/h3-6H2,1-2H3,(H,11,13). The van der Waals surface area contributed by atoms with Gasteiger partial charge in [-0.15, -0.1) is 0 Å². The number of rotatable bonds is 0. The maximum absolute atomic E-state index is 11.2. The van der Waals surface area contributed by atoms with Gasteiger partial charge in [-0.3, -0.25) is 0 Å². The number of urea groups is 1. The fourth-order valence-electron chi connectivity index (χ4n) is 1.83. The van der Waals surface area contributed by atoms with E-state index in [4.69, 9.17) is 4.74 Å². The number of nitrogens with zero attached hydrogens (tertiary/aromatic N) is 2. The quantitative estimate of drug-likeness (QED) is 0.604. The smallest absolute Gasteiger partial charge is 0.343 e. The van der Waals surface area contributed by atoms with Crippen LogP contribution in [0.5, 0.6) is 0 Å². The lowest BCUT2D eigenvalue weighted by Gasteiger charge is -2.34. The van der Waals surface area contributed by atoms with Crippen molar-refractivity contribution in [2.24, 2.45) is 4.99 Å². The largest absolute Gasteiger partial charge is 0.378 e. The molecule has 1 N–H and O–H groups in total. The molecule has 0 aromatic heterocycles. The third-order valence-corrected chi connectivity index (χ3v) is 2.50. The van der Waals surface area contributed by atoms with Gasteiger partial charge in [-0.1, -0.05) is 0 Å². The molecule has 0 bridgehead atoms. The third-order valence-electron chi connectivity index (χ3n) is 2.50. The average Bonchev–Trinajstić information content (AvgIpc) is 2.41. The molecule has 0 aromatic rings. The average molecular weight is 197 g/mol. The van der Waals surface area contributed by atoms with Crippen molar-refractivity contribution in [3.8, 4) is 0 Å². The Morgan fingerprint density at radius 3 is 2.57 bits per heavy atom. The Balaban J connectivity index is 2.15. The molecule has 0 spiro atoms. The van der Waals surface area contributed by atoms with E-state index in [1.54, 1.807) is 0 Å². The van der Waals surface area contributed by atoms with Gasteiger partial charge in [-0.05, 0) is 13.8 Å². The Bertz CT molecular complexity index is 280. The van der Waals surface area contributed by atoms with Crippen molar-refractivity contribution in [3.63, 3.8) is 0 Å². The molecule has 2 aliphatic heterocycles. The molecule has 2 rings (SSSR count). The zero-order chi connectivity index (χ0) is 10.2. The van der Waals surface area contributed by atoms with E-state index in [9.17, 15) is 4.79 Å². The molecule has 0 saturated carbocycles. The molecule has 2 amide bonds. The van der Waals surface area contributed by atoms with Crippen molar-refractivity contribution in [2.75, 3.05) is 26.3 Å². The number of carbonyl (C=O) groups is 1. The number of carbonyl (C=O) groups excluding carboxylic acids is 1. The Morgan fingerprint density at radius 2 is 2.07 bits per heavy atom. The second kappa shape index (κ2) is 3.24. The topological polar surface area (TPSA) is 53.9 Å². The summed E-state index contributed by atoms with van der Waals surface area (Å²) in [5.41, 5.74) is -0.339. The lowest BCUT2D eigenvalue weighted by Crippen LogP contribution is -2.53. The van der Waals surface area contributed by atoms with Crippen molar-refractivity contribution in [2.45, 2.75) is 19.4 Å². The molecule has 14 heavy (non-hydrogen) atoms. The van der Waals surface area contributed by atoms with E-state index >= 15 is 0 Å². The maximum Gasteiger partial charge on any atom is 0.343 e. The van der Waals surface area contributed by atoms with Gasteiger partial charge in [0, 0.05) is 13.1 Å². The molecular weight excluding hydrogens is 182 g/mol. The summed E-state index contributed by atoms with van der Waals surface area (Å²) in [4.78, 5) is 17.3. The van der Waals surface area contributed by atoms with Crippen molar-refractivity contribution < 1.29 is 9.53 Å². The minimum atomic E-state index is -0.339. The van der Waals surface area contributed by atoms with E-state index in [0.29, 0.717) is 13.2 Å². The minimum absolute atomic E-state index is 0.239. The van der Waals surface area contributed by atoms with Gasteiger partial charge in [0.2, 0.25) is 0 Å². The van der Waals surface area contributed by atoms with Crippen molar-refractivity contribution in [1.29, 1.82) is 0 Å². The summed E-state index contributed by atoms with van der Waals surface area (Å²) in [6.07, 6.45) is 0. The maximum atomic E-state index is 11.2. The SMILES string of the molecule is CC1(C)NC(=O)N=C1N1CCOCC1. The summed E-state index contributed by atoms with van der Waals surface area (Å²) < 4.78 is 5.25. The molecule has 1 saturated heterocycles. The van der Waals surface area contributed by atoms with E-state index < -0.39 is 0 Å². The summed E-state index contributed by atoms with van der Waals surface area (Å²) >= 11 is 0. The molecule has 0 aromatic carbocycles. The summed E-state index contributed by atoms with van der Waals surface area (Å²) in [5, 5.41) is 2.82. The third kappa shape index (κ3) is 1.59. The lowest BCUT2D eigenvalue weighted by molar-refractivity contribution is 0.0659. The predicted molar refractivity (Wildman–Crippen MR) is 52.4 cm³/mol. The first-order valence-corrected chi connectivity index (χ1v) is 4.83. The Kier molecular flexibility index (Phi) is 2.19. The van der Waals surface area contributed by atoms with Crippen molar-refractivity contribution in [3.05, 3.63) is 0 Å². The summed E-state index contributed by atoms with van der Waals surface area (Å²) in [7, 11) is 0. The highest BCUT2D eigenvalue weighted by Gasteiger charge is 2.37. The zero-order valence-corrected chi connectivity index (χ0v) is 8.54. The monoisotopic (exact) mass is 197 g/mol. The Morgan fingerprint density at radius 1 is 1.43 bits per heavy atom.